The Balaban J connectivity index is 1.57. The number of rotatable bonds is 9. The average molecular weight is 527 g/mol. The predicted molar refractivity (Wildman–Crippen MR) is 149 cm³/mol. The lowest BCUT2D eigenvalue weighted by molar-refractivity contribution is -0.117. The number of aliphatic hydroxyl groups excluding tert-OH is 1. The number of hydrogen-bond acceptors (Lipinski definition) is 7. The molecule has 1 amide bonds. The lowest BCUT2D eigenvalue weighted by atomic mass is 9.95. The van der Waals surface area contributed by atoms with Gasteiger partial charge in [0.15, 0.2) is 16.7 Å². The molecule has 3 aromatic carbocycles. The summed E-state index contributed by atoms with van der Waals surface area (Å²) in [6.07, 6.45) is 3.92. The maximum atomic E-state index is 13.5. The Kier molecular flexibility index (Phi) is 7.24. The predicted octanol–water partition coefficient (Wildman–Crippen LogP) is 6.28. The van der Waals surface area contributed by atoms with Gasteiger partial charge in [0.1, 0.15) is 11.5 Å². The molecule has 0 saturated carbocycles. The molecule has 2 heterocycles. The van der Waals surface area contributed by atoms with Crippen LogP contribution in [0, 0.1) is 0 Å². The van der Waals surface area contributed by atoms with Gasteiger partial charge in [-0.2, -0.15) is 0 Å². The van der Waals surface area contributed by atoms with Gasteiger partial charge < -0.3 is 14.6 Å². The van der Waals surface area contributed by atoms with Gasteiger partial charge in [-0.1, -0.05) is 66.8 Å². The Labute approximate surface area is 224 Å². The number of aliphatic hydroxyl groups is 1. The van der Waals surface area contributed by atoms with Gasteiger partial charge in [-0.3, -0.25) is 14.5 Å². The van der Waals surface area contributed by atoms with Crippen molar-refractivity contribution < 1.29 is 24.2 Å². The Morgan fingerprint density at radius 1 is 1.08 bits per heavy atom. The topological polar surface area (TPSA) is 89.0 Å². The number of fused-ring (bicyclic) bond motifs is 1. The number of methoxy groups -OCH3 is 1. The fourth-order valence-electron chi connectivity index (χ4n) is 4.28. The van der Waals surface area contributed by atoms with Crippen molar-refractivity contribution in [3.8, 4) is 11.5 Å². The number of benzene rings is 3. The quantitative estimate of drug-likeness (QED) is 0.258. The fraction of sp³-hybridized carbons (Fsp3) is 0.167. The van der Waals surface area contributed by atoms with Crippen LogP contribution in [-0.2, 0) is 9.59 Å². The van der Waals surface area contributed by atoms with Crippen molar-refractivity contribution in [2.24, 2.45) is 0 Å². The van der Waals surface area contributed by atoms with E-state index in [0.717, 1.165) is 16.7 Å². The molecule has 1 aliphatic rings. The molecule has 192 valence electrons. The van der Waals surface area contributed by atoms with E-state index >= 15 is 0 Å². The summed E-state index contributed by atoms with van der Waals surface area (Å²) >= 11 is 1.29. The van der Waals surface area contributed by atoms with Gasteiger partial charge in [0.2, 0.25) is 0 Å². The molecule has 1 unspecified atom stereocenters. The van der Waals surface area contributed by atoms with Crippen LogP contribution in [-0.4, -0.2) is 35.5 Å². The molecule has 5 rings (SSSR count). The highest BCUT2D eigenvalue weighted by Gasteiger charge is 2.45. The van der Waals surface area contributed by atoms with E-state index in [0.29, 0.717) is 34.3 Å². The van der Waals surface area contributed by atoms with E-state index in [1.54, 1.807) is 43.5 Å². The van der Waals surface area contributed by atoms with E-state index in [1.165, 1.54) is 22.3 Å². The smallest absolute Gasteiger partial charge is 0.296 e. The van der Waals surface area contributed by atoms with Crippen LogP contribution in [0.4, 0.5) is 5.13 Å². The van der Waals surface area contributed by atoms with Crippen LogP contribution in [0.25, 0.3) is 16.3 Å². The lowest BCUT2D eigenvalue weighted by Crippen LogP contribution is -2.30. The molecule has 1 aromatic heterocycles. The minimum atomic E-state index is -0.863. The van der Waals surface area contributed by atoms with E-state index in [-0.39, 0.29) is 5.57 Å². The normalized spacial score (nSPS) is 15.6. The van der Waals surface area contributed by atoms with Crippen molar-refractivity contribution in [3.05, 3.63) is 101 Å². The first-order valence-electron chi connectivity index (χ1n) is 12.2. The highest BCUT2D eigenvalue weighted by molar-refractivity contribution is 7.22. The van der Waals surface area contributed by atoms with Crippen molar-refractivity contribution in [3.63, 3.8) is 0 Å². The van der Waals surface area contributed by atoms with Crippen molar-refractivity contribution in [1.29, 1.82) is 0 Å². The molecule has 1 atom stereocenters. The van der Waals surface area contributed by atoms with Gasteiger partial charge in [0.25, 0.3) is 5.91 Å². The zero-order valence-corrected chi connectivity index (χ0v) is 21.8. The standard InChI is InChI=1S/C30H26N2O5S/c1-3-17-37-21-12-10-20(11-13-21)27-26(24(33)16-9-19-7-5-4-6-8-19)28(34)29(35)32(27)30-31-23-15-14-22(36-2)18-25(23)38-30/h4-16,18,27,34H,3,17H2,1-2H3/b16-9+. The molecule has 0 bridgehead atoms. The summed E-state index contributed by atoms with van der Waals surface area (Å²) in [6, 6.07) is 21.2. The van der Waals surface area contributed by atoms with Crippen LogP contribution in [0.2, 0.25) is 0 Å². The number of carbonyl (C=O) groups excluding carboxylic acids is 2. The summed E-state index contributed by atoms with van der Waals surface area (Å²) in [4.78, 5) is 32.9. The minimum Gasteiger partial charge on any atom is -0.503 e. The van der Waals surface area contributed by atoms with Gasteiger partial charge >= 0.3 is 0 Å². The van der Waals surface area contributed by atoms with Crippen LogP contribution in [0.15, 0.2) is 90.2 Å². The first-order chi connectivity index (χ1) is 18.5. The minimum absolute atomic E-state index is 0.00115. The molecule has 0 fully saturated rings. The Bertz CT molecular complexity index is 1540. The summed E-state index contributed by atoms with van der Waals surface area (Å²) in [5.41, 5.74) is 2.17. The van der Waals surface area contributed by atoms with Crippen LogP contribution in [0.5, 0.6) is 11.5 Å². The Hall–Kier alpha value is -4.43. The summed E-state index contributed by atoms with van der Waals surface area (Å²) < 4.78 is 11.8. The SMILES string of the molecule is CCCOc1ccc(C2C(C(=O)/C=C/c3ccccc3)=C(O)C(=O)N2c2nc3ccc(OC)cc3s2)cc1. The second kappa shape index (κ2) is 10.9. The number of carbonyl (C=O) groups is 2. The summed E-state index contributed by atoms with van der Waals surface area (Å²) in [5, 5.41) is 11.4. The Morgan fingerprint density at radius 2 is 1.82 bits per heavy atom. The van der Waals surface area contributed by atoms with Crippen LogP contribution >= 0.6 is 11.3 Å². The molecule has 0 radical (unpaired) electrons. The zero-order valence-electron chi connectivity index (χ0n) is 21.0. The second-order valence-electron chi connectivity index (χ2n) is 8.70. The third-order valence-corrected chi connectivity index (χ3v) is 7.18. The number of amides is 1. The highest BCUT2D eigenvalue weighted by Crippen LogP contribution is 2.44. The molecule has 1 aliphatic heterocycles. The van der Waals surface area contributed by atoms with Crippen LogP contribution in [0.1, 0.15) is 30.5 Å². The highest BCUT2D eigenvalue weighted by atomic mass is 32.1. The number of ketones is 1. The van der Waals surface area contributed by atoms with Crippen molar-refractivity contribution in [2.75, 3.05) is 18.6 Å². The Morgan fingerprint density at radius 3 is 2.53 bits per heavy atom. The number of anilines is 1. The van der Waals surface area contributed by atoms with Gasteiger partial charge in [0.05, 0.1) is 35.5 Å². The van der Waals surface area contributed by atoms with E-state index in [1.807, 2.05) is 49.4 Å². The average Bonchev–Trinajstić information content (AvgIpc) is 3.48. The van der Waals surface area contributed by atoms with Gasteiger partial charge in [-0.25, -0.2) is 4.98 Å². The van der Waals surface area contributed by atoms with Crippen molar-refractivity contribution in [2.45, 2.75) is 19.4 Å². The fourth-order valence-corrected chi connectivity index (χ4v) is 5.31. The molecular weight excluding hydrogens is 500 g/mol. The first-order valence-corrected chi connectivity index (χ1v) is 13.0. The third-order valence-electron chi connectivity index (χ3n) is 6.16. The number of aromatic nitrogens is 1. The number of thiazole rings is 1. The molecule has 0 saturated heterocycles. The van der Waals surface area contributed by atoms with Crippen molar-refractivity contribution in [1.82, 2.24) is 4.98 Å². The van der Waals surface area contributed by atoms with Crippen LogP contribution in [0.3, 0.4) is 0 Å². The largest absolute Gasteiger partial charge is 0.503 e. The second-order valence-corrected chi connectivity index (χ2v) is 9.70. The van der Waals surface area contributed by atoms with Gasteiger partial charge in [-0.05, 0) is 54.0 Å². The molecule has 1 N–H and O–H groups in total. The maximum absolute atomic E-state index is 13.5. The van der Waals surface area contributed by atoms with E-state index in [2.05, 4.69) is 4.98 Å². The summed E-state index contributed by atoms with van der Waals surface area (Å²) in [5.74, 6) is -0.364. The molecule has 7 nitrogen and oxygen atoms in total. The van der Waals surface area contributed by atoms with E-state index in [4.69, 9.17) is 9.47 Å². The zero-order chi connectivity index (χ0) is 26.6. The number of hydrogen-bond donors (Lipinski definition) is 1. The summed E-state index contributed by atoms with van der Waals surface area (Å²) in [7, 11) is 1.58. The lowest BCUT2D eigenvalue weighted by Gasteiger charge is -2.24. The molecule has 0 aliphatic carbocycles. The van der Waals surface area contributed by atoms with Gasteiger partial charge in [0, 0.05) is 0 Å². The molecular formula is C30H26N2O5S. The van der Waals surface area contributed by atoms with Gasteiger partial charge in [-0.15, -0.1) is 0 Å². The number of allylic oxidation sites excluding steroid dienone is 1. The molecule has 0 spiro atoms. The van der Waals surface area contributed by atoms with Crippen LogP contribution < -0.4 is 14.4 Å². The maximum Gasteiger partial charge on any atom is 0.296 e. The van der Waals surface area contributed by atoms with E-state index in [9.17, 15) is 14.7 Å². The third kappa shape index (κ3) is 4.90. The monoisotopic (exact) mass is 526 g/mol. The van der Waals surface area contributed by atoms with Crippen molar-refractivity contribution >= 4 is 44.5 Å². The number of nitrogens with zero attached hydrogens (tertiary/aromatic N) is 2. The molecule has 8 heteroatoms. The first kappa shape index (κ1) is 25.2. The van der Waals surface area contributed by atoms with E-state index < -0.39 is 23.5 Å². The molecule has 4 aromatic rings. The number of ether oxygens (including phenoxy) is 2. The summed E-state index contributed by atoms with van der Waals surface area (Å²) in [6.45, 7) is 2.61. The molecule has 38 heavy (non-hydrogen) atoms.